The molecule has 0 radical (unpaired) electrons. The molecule has 3 N–H and O–H groups in total. The molecule has 21 heavy (non-hydrogen) atoms. The van der Waals surface area contributed by atoms with Crippen molar-refractivity contribution in [2.75, 3.05) is 0 Å². The van der Waals surface area contributed by atoms with E-state index < -0.39 is 0 Å². The van der Waals surface area contributed by atoms with Crippen molar-refractivity contribution in [1.82, 2.24) is 0 Å². The topological polar surface area (TPSA) is 60.7 Å². The molecule has 3 nitrogen and oxygen atoms in total. The van der Waals surface area contributed by atoms with E-state index in [0.29, 0.717) is 18.3 Å². The van der Waals surface area contributed by atoms with Crippen LogP contribution in [0.15, 0.2) is 18.2 Å². The first-order chi connectivity index (χ1) is 10.0. The molecule has 0 spiro atoms. The summed E-state index contributed by atoms with van der Waals surface area (Å²) in [5, 5.41) is 30.8. The van der Waals surface area contributed by atoms with Crippen molar-refractivity contribution >= 4 is 0 Å². The van der Waals surface area contributed by atoms with Gasteiger partial charge in [0.1, 0.15) is 5.75 Å². The van der Waals surface area contributed by atoms with E-state index in [1.165, 1.54) is 5.56 Å². The number of hydrogen-bond acceptors (Lipinski definition) is 3. The molecular formula is C18H24O3. The van der Waals surface area contributed by atoms with Gasteiger partial charge in [0.05, 0.1) is 12.2 Å². The second kappa shape index (κ2) is 4.47. The molecule has 2 fully saturated rings. The summed E-state index contributed by atoms with van der Waals surface area (Å²) in [6, 6.07) is 5.62. The molecule has 3 aliphatic carbocycles. The number of hydrogen-bond donors (Lipinski definition) is 3. The Hall–Kier alpha value is -1.06. The summed E-state index contributed by atoms with van der Waals surface area (Å²) in [5.41, 5.74) is 2.40. The number of fused-ring (bicyclic) bond motifs is 5. The first-order valence-electron chi connectivity index (χ1n) is 8.18. The third-order valence-electron chi connectivity index (χ3n) is 6.68. The van der Waals surface area contributed by atoms with Crippen LogP contribution in [0.1, 0.15) is 49.7 Å². The van der Waals surface area contributed by atoms with Gasteiger partial charge < -0.3 is 15.3 Å². The standard InChI is InChI=1S/C18H24O3/c1-18-7-6-13-12-3-2-11(19)8-10(12)9-15(20)17(13)14(18)4-5-16(18)21/h2-3,8,13-17,19-21H,4-7,9H2,1H3/t13?,14?,15-,16-,17?,18?/m0/s1. The minimum absolute atomic E-state index is 0.0173. The quantitative estimate of drug-likeness (QED) is 0.687. The SMILES string of the molecule is CC12CCC3c4ccc(O)cc4C[C@H](O)C3C1CC[C@@H]2O. The van der Waals surface area contributed by atoms with E-state index in [2.05, 4.69) is 6.92 Å². The van der Waals surface area contributed by atoms with Gasteiger partial charge in [-0.2, -0.15) is 0 Å². The fourth-order valence-corrected chi connectivity index (χ4v) is 5.56. The molecule has 4 unspecified atom stereocenters. The van der Waals surface area contributed by atoms with Crippen LogP contribution in [0, 0.1) is 17.3 Å². The Kier molecular flexibility index (Phi) is 2.89. The van der Waals surface area contributed by atoms with Gasteiger partial charge in [-0.25, -0.2) is 0 Å². The molecule has 3 heteroatoms. The minimum Gasteiger partial charge on any atom is -0.508 e. The zero-order valence-electron chi connectivity index (χ0n) is 12.5. The van der Waals surface area contributed by atoms with Gasteiger partial charge in [-0.3, -0.25) is 0 Å². The first kappa shape index (κ1) is 13.6. The van der Waals surface area contributed by atoms with Gasteiger partial charge in [-0.15, -0.1) is 0 Å². The van der Waals surface area contributed by atoms with Crippen molar-refractivity contribution < 1.29 is 15.3 Å². The molecule has 0 aliphatic heterocycles. The van der Waals surface area contributed by atoms with E-state index >= 15 is 0 Å². The third kappa shape index (κ3) is 1.80. The number of phenols is 1. The molecule has 2 saturated carbocycles. The summed E-state index contributed by atoms with van der Waals surface area (Å²) in [7, 11) is 0. The second-order valence-corrected chi connectivity index (χ2v) is 7.58. The summed E-state index contributed by atoms with van der Waals surface area (Å²) in [5.74, 6) is 1.35. The van der Waals surface area contributed by atoms with E-state index in [9.17, 15) is 15.3 Å². The smallest absolute Gasteiger partial charge is 0.115 e. The molecule has 4 rings (SSSR count). The van der Waals surface area contributed by atoms with Gasteiger partial charge >= 0.3 is 0 Å². The van der Waals surface area contributed by atoms with E-state index in [1.807, 2.05) is 12.1 Å². The van der Waals surface area contributed by atoms with Crippen molar-refractivity contribution in [3.63, 3.8) is 0 Å². The van der Waals surface area contributed by atoms with Crippen LogP contribution in [0.25, 0.3) is 0 Å². The van der Waals surface area contributed by atoms with Crippen LogP contribution in [0.3, 0.4) is 0 Å². The highest BCUT2D eigenvalue weighted by Gasteiger charge is 2.56. The Balaban J connectivity index is 1.76. The lowest BCUT2D eigenvalue weighted by Crippen LogP contribution is -2.49. The molecule has 3 aliphatic rings. The maximum absolute atomic E-state index is 10.7. The van der Waals surface area contributed by atoms with Crippen LogP contribution in [0.5, 0.6) is 5.75 Å². The van der Waals surface area contributed by atoms with Gasteiger partial charge in [-0.05, 0) is 78.5 Å². The summed E-state index contributed by atoms with van der Waals surface area (Å²) in [4.78, 5) is 0. The number of aromatic hydroxyl groups is 1. The highest BCUT2D eigenvalue weighted by atomic mass is 16.3. The summed E-state index contributed by atoms with van der Waals surface area (Å²) < 4.78 is 0. The molecule has 0 aromatic heterocycles. The molecule has 0 heterocycles. The molecule has 1 aromatic rings. The van der Waals surface area contributed by atoms with Crippen LogP contribution in [0.4, 0.5) is 0 Å². The van der Waals surface area contributed by atoms with Crippen LogP contribution < -0.4 is 0 Å². The molecule has 1 aromatic carbocycles. The predicted molar refractivity (Wildman–Crippen MR) is 80.1 cm³/mol. The number of aliphatic hydroxyl groups is 2. The Bertz CT molecular complexity index is 570. The normalized spacial score (nSPS) is 44.8. The lowest BCUT2D eigenvalue weighted by atomic mass is 9.54. The van der Waals surface area contributed by atoms with Crippen molar-refractivity contribution in [2.45, 2.75) is 57.2 Å². The Morgan fingerprint density at radius 3 is 2.76 bits per heavy atom. The molecule has 0 bridgehead atoms. The van der Waals surface area contributed by atoms with Crippen molar-refractivity contribution in [3.8, 4) is 5.75 Å². The first-order valence-corrected chi connectivity index (χ1v) is 8.18. The van der Waals surface area contributed by atoms with Gasteiger partial charge in [0, 0.05) is 0 Å². The van der Waals surface area contributed by atoms with Crippen molar-refractivity contribution in [3.05, 3.63) is 29.3 Å². The number of phenolic OH excluding ortho intramolecular Hbond substituents is 1. The van der Waals surface area contributed by atoms with Crippen molar-refractivity contribution in [2.24, 2.45) is 17.3 Å². The zero-order chi connectivity index (χ0) is 14.8. The van der Waals surface area contributed by atoms with E-state index in [4.69, 9.17) is 0 Å². The largest absolute Gasteiger partial charge is 0.508 e. The lowest BCUT2D eigenvalue weighted by molar-refractivity contribution is -0.0627. The molecule has 114 valence electrons. The minimum atomic E-state index is -0.348. The lowest BCUT2D eigenvalue weighted by Gasteiger charge is -2.51. The van der Waals surface area contributed by atoms with Gasteiger partial charge in [0.15, 0.2) is 0 Å². The maximum Gasteiger partial charge on any atom is 0.115 e. The number of rotatable bonds is 0. The summed E-state index contributed by atoms with van der Waals surface area (Å²) in [6.07, 6.45) is 4.05. The number of benzene rings is 1. The predicted octanol–water partition coefficient (Wildman–Crippen LogP) is 2.58. The summed E-state index contributed by atoms with van der Waals surface area (Å²) in [6.45, 7) is 2.21. The maximum atomic E-state index is 10.7. The van der Waals surface area contributed by atoms with Crippen molar-refractivity contribution in [1.29, 1.82) is 0 Å². The van der Waals surface area contributed by atoms with E-state index in [-0.39, 0.29) is 29.3 Å². The Labute approximate surface area is 125 Å². The molecular weight excluding hydrogens is 264 g/mol. The van der Waals surface area contributed by atoms with Crippen LogP contribution in [0.2, 0.25) is 0 Å². The zero-order valence-corrected chi connectivity index (χ0v) is 12.5. The van der Waals surface area contributed by atoms with E-state index in [1.54, 1.807) is 6.07 Å². The Morgan fingerprint density at radius 1 is 1.14 bits per heavy atom. The van der Waals surface area contributed by atoms with Gasteiger partial charge in [-0.1, -0.05) is 13.0 Å². The van der Waals surface area contributed by atoms with Crippen LogP contribution in [-0.2, 0) is 6.42 Å². The average molecular weight is 288 g/mol. The Morgan fingerprint density at radius 2 is 1.95 bits per heavy atom. The molecule has 0 saturated heterocycles. The molecule has 6 atom stereocenters. The van der Waals surface area contributed by atoms with Crippen LogP contribution >= 0.6 is 0 Å². The van der Waals surface area contributed by atoms with Crippen LogP contribution in [-0.4, -0.2) is 27.5 Å². The van der Waals surface area contributed by atoms with E-state index in [0.717, 1.165) is 31.2 Å². The highest BCUT2D eigenvalue weighted by molar-refractivity contribution is 5.41. The average Bonchev–Trinajstić information content (AvgIpc) is 2.74. The number of aliphatic hydroxyl groups excluding tert-OH is 2. The van der Waals surface area contributed by atoms with Gasteiger partial charge in [0.25, 0.3) is 0 Å². The summed E-state index contributed by atoms with van der Waals surface area (Å²) >= 11 is 0. The highest BCUT2D eigenvalue weighted by Crippen LogP contribution is 2.60. The molecule has 0 amide bonds. The third-order valence-corrected chi connectivity index (χ3v) is 6.68. The second-order valence-electron chi connectivity index (χ2n) is 7.58. The fourth-order valence-electron chi connectivity index (χ4n) is 5.56. The fraction of sp³-hybridized carbons (Fsp3) is 0.667. The van der Waals surface area contributed by atoms with Gasteiger partial charge in [0.2, 0.25) is 0 Å². The monoisotopic (exact) mass is 288 g/mol.